The number of fused-ring (bicyclic) bond motifs is 6. The third-order valence-electron chi connectivity index (χ3n) is 15.4. The number of furan rings is 2. The van der Waals surface area contributed by atoms with Crippen LogP contribution < -0.4 is 9.80 Å². The number of nitrogens with zero attached hydrogens (tertiary/aromatic N) is 2. The van der Waals surface area contributed by atoms with Crippen LogP contribution in [-0.2, 0) is 0 Å². The number of para-hydroxylation sites is 6. The molecule has 0 saturated carbocycles. The van der Waals surface area contributed by atoms with Gasteiger partial charge in [-0.2, -0.15) is 0 Å². The molecule has 2 aromatic heterocycles. The Balaban J connectivity index is 0.877. The lowest BCUT2D eigenvalue weighted by Crippen LogP contribution is -2.13. The summed E-state index contributed by atoms with van der Waals surface area (Å²) >= 11 is 0. The van der Waals surface area contributed by atoms with Crippen LogP contribution in [0.25, 0.3) is 99.5 Å². The Morgan fingerprint density at radius 1 is 0.244 bits per heavy atom. The summed E-state index contributed by atoms with van der Waals surface area (Å²) in [5.74, 6) is 0. The fourth-order valence-corrected chi connectivity index (χ4v) is 11.6. The number of aryl methyl sites for hydroxylation is 2. The first kappa shape index (κ1) is 46.4. The molecule has 4 heteroatoms. The highest BCUT2D eigenvalue weighted by Crippen LogP contribution is 2.48. The molecule has 0 radical (unpaired) electrons. The smallest absolute Gasteiger partial charge is 0.143 e. The fraction of sp³-hybridized carbons (Fsp3) is 0.0270. The molecule has 0 aliphatic carbocycles. The molecule has 0 saturated heterocycles. The molecular weight excluding hydrogens is 949 g/mol. The molecule has 4 nitrogen and oxygen atoms in total. The van der Waals surface area contributed by atoms with E-state index in [1.165, 1.54) is 22.3 Å². The summed E-state index contributed by atoms with van der Waals surface area (Å²) in [6.07, 6.45) is 0. The van der Waals surface area contributed by atoms with Crippen LogP contribution in [0.1, 0.15) is 11.1 Å². The highest BCUT2D eigenvalue weighted by Gasteiger charge is 2.24. The van der Waals surface area contributed by atoms with Crippen molar-refractivity contribution in [3.63, 3.8) is 0 Å². The van der Waals surface area contributed by atoms with E-state index in [1.54, 1.807) is 0 Å². The Kier molecular flexibility index (Phi) is 11.6. The maximum Gasteiger partial charge on any atom is 0.143 e. The second-order valence-electron chi connectivity index (χ2n) is 20.1. The van der Waals surface area contributed by atoms with E-state index in [0.717, 1.165) is 123 Å². The summed E-state index contributed by atoms with van der Waals surface area (Å²) in [5, 5.41) is 4.43. The van der Waals surface area contributed by atoms with E-state index in [1.807, 2.05) is 12.1 Å². The first-order chi connectivity index (χ1) is 38.5. The van der Waals surface area contributed by atoms with Crippen LogP contribution in [0, 0.1) is 13.8 Å². The lowest BCUT2D eigenvalue weighted by atomic mass is 9.96. The second-order valence-corrected chi connectivity index (χ2v) is 20.1. The number of benzene rings is 12. The molecule has 0 bridgehead atoms. The summed E-state index contributed by atoms with van der Waals surface area (Å²) in [5.41, 5.74) is 23.5. The molecule has 14 rings (SSSR count). The Hall–Kier alpha value is -10.2. The normalized spacial score (nSPS) is 11.5. The maximum atomic E-state index is 6.67. The molecule has 0 amide bonds. The van der Waals surface area contributed by atoms with Crippen molar-refractivity contribution in [2.24, 2.45) is 0 Å². The van der Waals surface area contributed by atoms with Gasteiger partial charge in [-0.15, -0.1) is 0 Å². The standard InChI is InChI=1S/C74H52N2O2/c1-49-47-55(39-45-67(49)75(57-41-35-53(36-42-57)51-19-5-3-6-20-51)69-31-13-9-23-59(69)63-27-17-29-65-61-25-11-15-33-71(61)77-73(63)65)56-40-46-68(50(2)48-56)76(58-43-37-54(38-44-58)52-21-7-4-8-22-52)70-32-14-10-24-60(70)64-28-18-30-66-62-26-12-16-34-72(62)78-74(64)66/h3-48H,1-2H3. The zero-order valence-electron chi connectivity index (χ0n) is 43.3. The zero-order valence-corrected chi connectivity index (χ0v) is 43.3. The van der Waals surface area contributed by atoms with Crippen LogP contribution in [-0.4, -0.2) is 0 Å². The van der Waals surface area contributed by atoms with Crippen molar-refractivity contribution in [3.8, 4) is 55.6 Å². The van der Waals surface area contributed by atoms with Gasteiger partial charge in [-0.1, -0.05) is 206 Å². The molecule has 370 valence electrons. The minimum Gasteiger partial charge on any atom is -0.455 e. The number of anilines is 6. The van der Waals surface area contributed by atoms with Crippen molar-refractivity contribution in [1.82, 2.24) is 0 Å². The van der Waals surface area contributed by atoms with E-state index in [0.29, 0.717) is 0 Å². The summed E-state index contributed by atoms with van der Waals surface area (Å²) in [6.45, 7) is 4.46. The lowest BCUT2D eigenvalue weighted by molar-refractivity contribution is 0.669. The molecule has 0 fully saturated rings. The van der Waals surface area contributed by atoms with Crippen molar-refractivity contribution in [1.29, 1.82) is 0 Å². The van der Waals surface area contributed by atoms with Crippen LogP contribution in [0.2, 0.25) is 0 Å². The fourth-order valence-electron chi connectivity index (χ4n) is 11.6. The third-order valence-corrected chi connectivity index (χ3v) is 15.4. The van der Waals surface area contributed by atoms with Crippen LogP contribution in [0.15, 0.2) is 288 Å². The SMILES string of the molecule is Cc1cc(-c2ccc(N(c3ccc(-c4ccccc4)cc3)c3ccccc3-c3cccc4c3oc3ccccc34)c(C)c2)ccc1N(c1ccc(-c2ccccc2)cc1)c1ccccc1-c1cccc2c1oc1ccccc12. The van der Waals surface area contributed by atoms with Gasteiger partial charge in [0, 0.05) is 66.5 Å². The van der Waals surface area contributed by atoms with Gasteiger partial charge in [-0.05, 0) is 131 Å². The third kappa shape index (κ3) is 8.19. The molecular formula is C74H52N2O2. The van der Waals surface area contributed by atoms with Gasteiger partial charge in [0.15, 0.2) is 0 Å². The van der Waals surface area contributed by atoms with Gasteiger partial charge in [0.05, 0.1) is 11.4 Å². The van der Waals surface area contributed by atoms with Crippen LogP contribution in [0.3, 0.4) is 0 Å². The largest absolute Gasteiger partial charge is 0.455 e. The van der Waals surface area contributed by atoms with E-state index in [2.05, 4.69) is 291 Å². The Morgan fingerprint density at radius 3 is 1.00 bits per heavy atom. The Labute approximate surface area is 454 Å². The Bertz CT molecular complexity index is 4220. The molecule has 0 N–H and O–H groups in total. The predicted octanol–water partition coefficient (Wildman–Crippen LogP) is 21.4. The predicted molar refractivity (Wildman–Crippen MR) is 327 cm³/mol. The highest BCUT2D eigenvalue weighted by atomic mass is 16.3. The van der Waals surface area contributed by atoms with E-state index in [9.17, 15) is 0 Å². The minimum absolute atomic E-state index is 0.881. The first-order valence-electron chi connectivity index (χ1n) is 26.6. The quantitative estimate of drug-likeness (QED) is 0.129. The topological polar surface area (TPSA) is 32.8 Å². The van der Waals surface area contributed by atoms with Crippen LogP contribution in [0.5, 0.6) is 0 Å². The van der Waals surface area contributed by atoms with Crippen molar-refractivity contribution >= 4 is 78.0 Å². The number of hydrogen-bond acceptors (Lipinski definition) is 4. The maximum absolute atomic E-state index is 6.67. The lowest BCUT2D eigenvalue weighted by Gasteiger charge is -2.30. The number of hydrogen-bond donors (Lipinski definition) is 0. The summed E-state index contributed by atoms with van der Waals surface area (Å²) < 4.78 is 13.3. The average Bonchev–Trinajstić information content (AvgIpc) is 4.22. The minimum atomic E-state index is 0.881. The van der Waals surface area contributed by atoms with Gasteiger partial charge in [-0.25, -0.2) is 0 Å². The zero-order chi connectivity index (χ0) is 52.1. The van der Waals surface area contributed by atoms with Gasteiger partial charge in [0.2, 0.25) is 0 Å². The molecule has 2 heterocycles. The monoisotopic (exact) mass is 1000 g/mol. The first-order valence-corrected chi connectivity index (χ1v) is 26.6. The average molecular weight is 1000 g/mol. The molecule has 0 spiro atoms. The van der Waals surface area contributed by atoms with Crippen LogP contribution in [0.4, 0.5) is 34.1 Å². The van der Waals surface area contributed by atoms with E-state index >= 15 is 0 Å². The summed E-state index contributed by atoms with van der Waals surface area (Å²) in [7, 11) is 0. The van der Waals surface area contributed by atoms with Crippen molar-refractivity contribution in [2.45, 2.75) is 13.8 Å². The van der Waals surface area contributed by atoms with Gasteiger partial charge in [-0.3, -0.25) is 0 Å². The molecule has 0 unspecified atom stereocenters. The van der Waals surface area contributed by atoms with E-state index in [-0.39, 0.29) is 0 Å². The van der Waals surface area contributed by atoms with Crippen LogP contribution >= 0.6 is 0 Å². The second kappa shape index (κ2) is 19.5. The van der Waals surface area contributed by atoms with Gasteiger partial charge < -0.3 is 18.6 Å². The summed E-state index contributed by atoms with van der Waals surface area (Å²) in [4.78, 5) is 4.81. The number of rotatable bonds is 11. The van der Waals surface area contributed by atoms with Crippen molar-refractivity contribution in [3.05, 3.63) is 290 Å². The van der Waals surface area contributed by atoms with Gasteiger partial charge >= 0.3 is 0 Å². The molecule has 0 aliphatic rings. The van der Waals surface area contributed by atoms with E-state index in [4.69, 9.17) is 8.83 Å². The molecule has 0 aliphatic heterocycles. The van der Waals surface area contributed by atoms with Crippen molar-refractivity contribution < 1.29 is 8.83 Å². The summed E-state index contributed by atoms with van der Waals surface area (Å²) in [6, 6.07) is 99.8. The Morgan fingerprint density at radius 2 is 0.577 bits per heavy atom. The highest BCUT2D eigenvalue weighted by molar-refractivity contribution is 6.12. The van der Waals surface area contributed by atoms with Crippen molar-refractivity contribution in [2.75, 3.05) is 9.80 Å². The molecule has 12 aromatic carbocycles. The van der Waals surface area contributed by atoms with E-state index < -0.39 is 0 Å². The van der Waals surface area contributed by atoms with Gasteiger partial charge in [0.1, 0.15) is 22.3 Å². The molecule has 14 aromatic rings. The van der Waals surface area contributed by atoms with Gasteiger partial charge in [0.25, 0.3) is 0 Å². The molecule has 78 heavy (non-hydrogen) atoms. The molecule has 0 atom stereocenters.